The summed E-state index contributed by atoms with van der Waals surface area (Å²) in [6.45, 7) is 9.21. The Bertz CT molecular complexity index is 723. The Balaban J connectivity index is 1.42. The number of carbonyl (C=O) groups is 1. The molecule has 2 heterocycles. The van der Waals surface area contributed by atoms with Crippen LogP contribution in [0.2, 0.25) is 0 Å². The minimum Gasteiger partial charge on any atom is -0.466 e. The van der Waals surface area contributed by atoms with Gasteiger partial charge in [-0.1, -0.05) is 56.0 Å². The summed E-state index contributed by atoms with van der Waals surface area (Å²) in [4.78, 5) is 11.4. The number of fused-ring (bicyclic) bond motifs is 1. The van der Waals surface area contributed by atoms with E-state index in [0.717, 1.165) is 44.1 Å². The van der Waals surface area contributed by atoms with Crippen LogP contribution >= 0.6 is 0 Å². The van der Waals surface area contributed by atoms with Gasteiger partial charge < -0.3 is 28.4 Å². The molecule has 0 bridgehead atoms. The molecule has 3 rings (SSSR count). The molecule has 2 fully saturated rings. The van der Waals surface area contributed by atoms with Gasteiger partial charge in [0, 0.05) is 13.0 Å². The quantitative estimate of drug-likeness (QED) is 0.271. The van der Waals surface area contributed by atoms with Gasteiger partial charge in [0.1, 0.15) is 18.3 Å². The van der Waals surface area contributed by atoms with Gasteiger partial charge >= 0.3 is 5.97 Å². The SMILES string of the molecule is CCOC(=O)CCCCCCCCO[C@H]1O[C@@H](C)[C@H]2OC(C)(C)O[C@H]2[C@@H]1OCc1ccccc1. The summed E-state index contributed by atoms with van der Waals surface area (Å²) in [6, 6.07) is 10.1. The van der Waals surface area contributed by atoms with Crippen LogP contribution in [0.25, 0.3) is 0 Å². The first-order chi connectivity index (χ1) is 16.4. The van der Waals surface area contributed by atoms with Gasteiger partial charge in [-0.15, -0.1) is 0 Å². The van der Waals surface area contributed by atoms with Gasteiger partial charge in [-0.2, -0.15) is 0 Å². The number of hydrogen-bond acceptors (Lipinski definition) is 7. The molecule has 0 amide bonds. The molecule has 2 aliphatic rings. The molecule has 5 atom stereocenters. The van der Waals surface area contributed by atoms with Gasteiger partial charge in [-0.3, -0.25) is 4.79 Å². The normalized spacial score (nSPS) is 27.9. The maximum Gasteiger partial charge on any atom is 0.305 e. The predicted octanol–water partition coefficient (Wildman–Crippen LogP) is 5.15. The van der Waals surface area contributed by atoms with E-state index in [1.807, 2.05) is 58.0 Å². The maximum absolute atomic E-state index is 11.4. The van der Waals surface area contributed by atoms with Gasteiger partial charge in [-0.25, -0.2) is 0 Å². The summed E-state index contributed by atoms with van der Waals surface area (Å²) >= 11 is 0. The molecule has 0 aromatic heterocycles. The minimum absolute atomic E-state index is 0.0936. The summed E-state index contributed by atoms with van der Waals surface area (Å²) in [5.74, 6) is -0.771. The van der Waals surface area contributed by atoms with E-state index in [4.69, 9.17) is 28.4 Å². The highest BCUT2D eigenvalue weighted by Gasteiger charge is 2.55. The standard InChI is InChI=1S/C27H42O7/c1-5-29-22(28)17-13-8-6-7-9-14-18-30-26-25(31-19-21-15-11-10-12-16-21)24-23(20(2)32-26)33-27(3,4)34-24/h10-12,15-16,20,23-26H,5-9,13-14,17-19H2,1-4H3/t20-,23+,24+,25-,26-/m0/s1. The smallest absolute Gasteiger partial charge is 0.305 e. The number of ether oxygens (including phenoxy) is 6. The van der Waals surface area contributed by atoms with Crippen LogP contribution in [0.4, 0.5) is 0 Å². The third kappa shape index (κ3) is 8.31. The lowest BCUT2D eigenvalue weighted by atomic mass is 9.99. The molecule has 7 nitrogen and oxygen atoms in total. The second-order valence-corrected chi connectivity index (χ2v) is 9.58. The summed E-state index contributed by atoms with van der Waals surface area (Å²) in [6.07, 6.45) is 5.28. The summed E-state index contributed by atoms with van der Waals surface area (Å²) in [5, 5.41) is 0. The molecule has 7 heteroatoms. The fourth-order valence-corrected chi connectivity index (χ4v) is 4.54. The fraction of sp³-hybridized carbons (Fsp3) is 0.741. The molecule has 1 aromatic rings. The van der Waals surface area contributed by atoms with Crippen LogP contribution in [0.5, 0.6) is 0 Å². The van der Waals surface area contributed by atoms with E-state index in [1.165, 1.54) is 0 Å². The van der Waals surface area contributed by atoms with Crippen LogP contribution in [-0.2, 0) is 39.8 Å². The van der Waals surface area contributed by atoms with E-state index >= 15 is 0 Å². The molecule has 0 saturated carbocycles. The zero-order valence-corrected chi connectivity index (χ0v) is 21.2. The van der Waals surface area contributed by atoms with Crippen LogP contribution in [-0.4, -0.2) is 55.7 Å². The van der Waals surface area contributed by atoms with E-state index < -0.39 is 12.1 Å². The first-order valence-electron chi connectivity index (χ1n) is 12.8. The Labute approximate surface area is 204 Å². The van der Waals surface area contributed by atoms with Crippen molar-refractivity contribution in [2.24, 2.45) is 0 Å². The third-order valence-corrected chi connectivity index (χ3v) is 6.22. The first-order valence-corrected chi connectivity index (χ1v) is 12.8. The Morgan fingerprint density at radius 3 is 2.35 bits per heavy atom. The second kappa shape index (κ2) is 13.5. The van der Waals surface area contributed by atoms with Gasteiger partial charge in [0.2, 0.25) is 0 Å². The van der Waals surface area contributed by atoms with E-state index in [2.05, 4.69) is 0 Å². The third-order valence-electron chi connectivity index (χ3n) is 6.22. The van der Waals surface area contributed by atoms with Gasteiger partial charge in [0.15, 0.2) is 12.1 Å². The van der Waals surface area contributed by atoms with Crippen LogP contribution in [0.3, 0.4) is 0 Å². The molecule has 1 aromatic carbocycles. The molecule has 2 aliphatic heterocycles. The van der Waals surface area contributed by atoms with Crippen LogP contribution in [0, 0.1) is 0 Å². The molecule has 2 saturated heterocycles. The van der Waals surface area contributed by atoms with Crippen LogP contribution < -0.4 is 0 Å². The van der Waals surface area contributed by atoms with E-state index in [0.29, 0.717) is 26.2 Å². The van der Waals surface area contributed by atoms with Crippen molar-refractivity contribution >= 4 is 5.97 Å². The average Bonchev–Trinajstić information content (AvgIpc) is 3.14. The van der Waals surface area contributed by atoms with Crippen molar-refractivity contribution in [1.82, 2.24) is 0 Å². The Hall–Kier alpha value is -1.51. The molecule has 0 N–H and O–H groups in total. The zero-order valence-electron chi connectivity index (χ0n) is 21.2. The van der Waals surface area contributed by atoms with Crippen molar-refractivity contribution in [3.05, 3.63) is 35.9 Å². The summed E-state index contributed by atoms with van der Waals surface area (Å²) < 4.78 is 36.0. The van der Waals surface area contributed by atoms with Gasteiger partial charge in [-0.05, 0) is 46.1 Å². The number of benzene rings is 1. The van der Waals surface area contributed by atoms with Crippen molar-refractivity contribution in [3.8, 4) is 0 Å². The van der Waals surface area contributed by atoms with Crippen molar-refractivity contribution in [1.29, 1.82) is 0 Å². The van der Waals surface area contributed by atoms with E-state index in [1.54, 1.807) is 0 Å². The summed E-state index contributed by atoms with van der Waals surface area (Å²) in [7, 11) is 0. The fourth-order valence-electron chi connectivity index (χ4n) is 4.54. The minimum atomic E-state index is -0.677. The van der Waals surface area contributed by atoms with Crippen LogP contribution in [0.1, 0.15) is 78.2 Å². The lowest BCUT2D eigenvalue weighted by Crippen LogP contribution is -2.57. The first kappa shape index (κ1) is 27.1. The van der Waals surface area contributed by atoms with Crippen molar-refractivity contribution < 1.29 is 33.2 Å². The van der Waals surface area contributed by atoms with E-state index in [9.17, 15) is 4.79 Å². The molecule has 0 aliphatic carbocycles. The average molecular weight is 479 g/mol. The molecule has 0 radical (unpaired) electrons. The Morgan fingerprint density at radius 1 is 0.941 bits per heavy atom. The van der Waals surface area contributed by atoms with Gasteiger partial charge in [0.05, 0.1) is 19.3 Å². The lowest BCUT2D eigenvalue weighted by Gasteiger charge is -2.40. The Morgan fingerprint density at radius 2 is 1.62 bits per heavy atom. The van der Waals surface area contributed by atoms with Crippen molar-refractivity contribution in [3.63, 3.8) is 0 Å². The molecule has 34 heavy (non-hydrogen) atoms. The molecular weight excluding hydrogens is 436 g/mol. The summed E-state index contributed by atoms with van der Waals surface area (Å²) in [5.41, 5.74) is 1.09. The van der Waals surface area contributed by atoms with Gasteiger partial charge in [0.25, 0.3) is 0 Å². The number of carbonyl (C=O) groups excluding carboxylic acids is 1. The predicted molar refractivity (Wildman–Crippen MR) is 128 cm³/mol. The van der Waals surface area contributed by atoms with Crippen molar-refractivity contribution in [2.75, 3.05) is 13.2 Å². The molecular formula is C27H42O7. The number of unbranched alkanes of at least 4 members (excludes halogenated alkanes) is 5. The molecule has 0 unspecified atom stereocenters. The molecule has 0 spiro atoms. The monoisotopic (exact) mass is 478 g/mol. The topological polar surface area (TPSA) is 72.5 Å². The van der Waals surface area contributed by atoms with E-state index in [-0.39, 0.29) is 30.4 Å². The zero-order chi connectivity index (χ0) is 24.4. The lowest BCUT2D eigenvalue weighted by molar-refractivity contribution is -0.286. The number of rotatable bonds is 14. The second-order valence-electron chi connectivity index (χ2n) is 9.58. The highest BCUT2D eigenvalue weighted by atomic mass is 16.8. The highest BCUT2D eigenvalue weighted by Crippen LogP contribution is 2.39. The Kier molecular flexibility index (Phi) is 10.8. The van der Waals surface area contributed by atoms with Crippen LogP contribution in [0.15, 0.2) is 30.3 Å². The highest BCUT2D eigenvalue weighted by molar-refractivity contribution is 5.69. The number of hydrogen-bond donors (Lipinski definition) is 0. The largest absolute Gasteiger partial charge is 0.466 e. The molecule has 192 valence electrons. The maximum atomic E-state index is 11.4. The number of esters is 1. The van der Waals surface area contributed by atoms with Crippen molar-refractivity contribution in [2.45, 2.75) is 116 Å².